The van der Waals surface area contributed by atoms with E-state index in [1.54, 1.807) is 4.90 Å². The van der Waals surface area contributed by atoms with Crippen molar-refractivity contribution in [2.45, 2.75) is 32.3 Å². The smallest absolute Gasteiger partial charge is 0.326 e. The molecule has 4 nitrogen and oxygen atoms in total. The Hall–Kier alpha value is -2.36. The summed E-state index contributed by atoms with van der Waals surface area (Å²) >= 11 is 0. The molecule has 1 aromatic rings. The molecule has 0 saturated carbocycles. The fourth-order valence-corrected chi connectivity index (χ4v) is 3.11. The normalized spacial score (nSPS) is 20.5. The number of hydrogen-bond donors (Lipinski definition) is 0. The van der Waals surface area contributed by atoms with E-state index in [0.717, 1.165) is 30.5 Å². The van der Waals surface area contributed by atoms with Gasteiger partial charge in [-0.2, -0.15) is 0 Å². The van der Waals surface area contributed by atoms with Gasteiger partial charge in [0.25, 0.3) is 0 Å². The highest BCUT2D eigenvalue weighted by Crippen LogP contribution is 2.32. The second-order valence-electron chi connectivity index (χ2n) is 5.97. The first-order chi connectivity index (χ1) is 11.2. The molecule has 1 aliphatic heterocycles. The van der Waals surface area contributed by atoms with E-state index in [0.29, 0.717) is 12.3 Å². The summed E-state index contributed by atoms with van der Waals surface area (Å²) in [5.74, 6) is -0.00242. The first-order valence-electron chi connectivity index (χ1n) is 8.10. The Morgan fingerprint density at radius 1 is 1.26 bits per heavy atom. The number of allylic oxidation sites excluding steroid dienone is 4. The Morgan fingerprint density at radius 3 is 2.91 bits per heavy atom. The highest BCUT2D eigenvalue weighted by atomic mass is 16.5. The quantitative estimate of drug-likeness (QED) is 0.802. The van der Waals surface area contributed by atoms with Gasteiger partial charge in [0.2, 0.25) is 5.91 Å². The van der Waals surface area contributed by atoms with E-state index in [1.807, 2.05) is 42.5 Å². The summed E-state index contributed by atoms with van der Waals surface area (Å²) < 4.78 is 5.32. The van der Waals surface area contributed by atoms with Crippen LogP contribution in [0.2, 0.25) is 0 Å². The van der Waals surface area contributed by atoms with Crippen molar-refractivity contribution in [2.75, 3.05) is 6.54 Å². The van der Waals surface area contributed by atoms with Crippen LogP contribution in [0.25, 0.3) is 0 Å². The van der Waals surface area contributed by atoms with Crippen LogP contribution in [-0.2, 0) is 20.9 Å². The fourth-order valence-electron chi connectivity index (χ4n) is 3.11. The number of esters is 1. The van der Waals surface area contributed by atoms with Gasteiger partial charge >= 0.3 is 5.97 Å². The van der Waals surface area contributed by atoms with E-state index >= 15 is 0 Å². The van der Waals surface area contributed by atoms with Crippen LogP contribution >= 0.6 is 0 Å². The Balaban J connectivity index is 1.64. The molecule has 1 saturated heterocycles. The van der Waals surface area contributed by atoms with Crippen LogP contribution in [0.4, 0.5) is 0 Å². The standard InChI is InChI=1S/C19H21NO3/c21-18-12-6-10-16-9-4-5-11-17(16)20(18)13-19(22)23-14-15-7-2-1-3-8-15/h1-5,7-8,11,16H,6,9-10,12-14H2. The van der Waals surface area contributed by atoms with Crippen molar-refractivity contribution < 1.29 is 14.3 Å². The summed E-state index contributed by atoms with van der Waals surface area (Å²) in [7, 11) is 0. The predicted molar refractivity (Wildman–Crippen MR) is 87.1 cm³/mol. The van der Waals surface area contributed by atoms with Crippen LogP contribution < -0.4 is 0 Å². The minimum Gasteiger partial charge on any atom is -0.459 e. The van der Waals surface area contributed by atoms with Gasteiger partial charge in [0.1, 0.15) is 13.2 Å². The van der Waals surface area contributed by atoms with Gasteiger partial charge in [0.15, 0.2) is 0 Å². The Kier molecular flexibility index (Phi) is 4.91. The third-order valence-electron chi connectivity index (χ3n) is 4.33. The number of benzene rings is 1. The lowest BCUT2D eigenvalue weighted by Crippen LogP contribution is -2.36. The number of fused-ring (bicyclic) bond motifs is 1. The maximum absolute atomic E-state index is 12.3. The third-order valence-corrected chi connectivity index (χ3v) is 4.33. The first-order valence-corrected chi connectivity index (χ1v) is 8.10. The van der Waals surface area contributed by atoms with Crippen molar-refractivity contribution in [3.63, 3.8) is 0 Å². The van der Waals surface area contributed by atoms with Gasteiger partial charge in [-0.05, 0) is 30.9 Å². The molecule has 1 aromatic carbocycles. The van der Waals surface area contributed by atoms with Gasteiger partial charge in [0, 0.05) is 18.0 Å². The van der Waals surface area contributed by atoms with E-state index in [-0.39, 0.29) is 25.0 Å². The lowest BCUT2D eigenvalue weighted by Gasteiger charge is -2.28. The number of likely N-dealkylation sites (tertiary alicyclic amines) is 1. The van der Waals surface area contributed by atoms with Gasteiger partial charge in [-0.15, -0.1) is 0 Å². The minimum atomic E-state index is -0.363. The molecule has 1 heterocycles. The molecule has 0 aromatic heterocycles. The highest BCUT2D eigenvalue weighted by Gasteiger charge is 2.30. The van der Waals surface area contributed by atoms with E-state index in [1.165, 1.54) is 0 Å². The maximum Gasteiger partial charge on any atom is 0.326 e. The molecule has 3 rings (SSSR count). The molecule has 0 bridgehead atoms. The summed E-state index contributed by atoms with van der Waals surface area (Å²) in [4.78, 5) is 26.1. The number of amides is 1. The van der Waals surface area contributed by atoms with Crippen LogP contribution in [0.1, 0.15) is 31.2 Å². The van der Waals surface area contributed by atoms with Gasteiger partial charge in [0.05, 0.1) is 0 Å². The SMILES string of the molecule is O=C(CN1C(=O)CCCC2CC=CC=C21)OCc1ccccc1. The number of nitrogens with zero attached hydrogens (tertiary/aromatic N) is 1. The third kappa shape index (κ3) is 3.89. The van der Waals surface area contributed by atoms with Crippen LogP contribution in [0, 0.1) is 5.92 Å². The van der Waals surface area contributed by atoms with Gasteiger partial charge < -0.3 is 9.64 Å². The van der Waals surface area contributed by atoms with Gasteiger partial charge in [-0.1, -0.05) is 42.5 Å². The fraction of sp³-hybridized carbons (Fsp3) is 0.368. The molecular weight excluding hydrogens is 290 g/mol. The number of carbonyl (C=O) groups excluding carboxylic acids is 2. The van der Waals surface area contributed by atoms with E-state index < -0.39 is 0 Å². The van der Waals surface area contributed by atoms with Crippen LogP contribution in [-0.4, -0.2) is 23.3 Å². The zero-order valence-electron chi connectivity index (χ0n) is 13.1. The summed E-state index contributed by atoms with van der Waals surface area (Å²) in [6.45, 7) is 0.242. The van der Waals surface area contributed by atoms with Crippen molar-refractivity contribution in [1.82, 2.24) is 4.90 Å². The zero-order chi connectivity index (χ0) is 16.1. The molecule has 1 amide bonds. The Morgan fingerprint density at radius 2 is 2.09 bits per heavy atom. The molecule has 1 atom stereocenters. The van der Waals surface area contributed by atoms with Crippen molar-refractivity contribution in [1.29, 1.82) is 0 Å². The first kappa shape index (κ1) is 15.5. The van der Waals surface area contributed by atoms with Crippen LogP contribution in [0.15, 0.2) is 54.3 Å². The average molecular weight is 311 g/mol. The molecule has 1 fully saturated rings. The van der Waals surface area contributed by atoms with Crippen molar-refractivity contribution >= 4 is 11.9 Å². The molecule has 0 radical (unpaired) electrons. The van der Waals surface area contributed by atoms with E-state index in [9.17, 15) is 9.59 Å². The summed E-state index contributed by atoms with van der Waals surface area (Å²) in [5, 5.41) is 0. The van der Waals surface area contributed by atoms with E-state index in [2.05, 4.69) is 6.08 Å². The zero-order valence-corrected chi connectivity index (χ0v) is 13.1. The lowest BCUT2D eigenvalue weighted by molar-refractivity contribution is -0.149. The molecule has 23 heavy (non-hydrogen) atoms. The number of hydrogen-bond acceptors (Lipinski definition) is 3. The van der Waals surface area contributed by atoms with E-state index in [4.69, 9.17) is 4.74 Å². The topological polar surface area (TPSA) is 46.6 Å². The largest absolute Gasteiger partial charge is 0.459 e. The second kappa shape index (κ2) is 7.27. The maximum atomic E-state index is 12.3. The molecule has 1 aliphatic carbocycles. The summed E-state index contributed by atoms with van der Waals surface area (Å²) in [6.07, 6.45) is 9.36. The van der Waals surface area contributed by atoms with Crippen molar-refractivity contribution in [3.05, 3.63) is 59.8 Å². The molecule has 0 spiro atoms. The number of carbonyl (C=O) groups is 2. The van der Waals surface area contributed by atoms with Crippen molar-refractivity contribution in [3.8, 4) is 0 Å². The van der Waals surface area contributed by atoms with Crippen molar-refractivity contribution in [2.24, 2.45) is 5.92 Å². The highest BCUT2D eigenvalue weighted by molar-refractivity contribution is 5.84. The monoisotopic (exact) mass is 311 g/mol. The molecular formula is C19H21NO3. The second-order valence-corrected chi connectivity index (χ2v) is 5.97. The molecule has 120 valence electrons. The Labute approximate surface area is 136 Å². The number of rotatable bonds is 4. The molecule has 4 heteroatoms. The van der Waals surface area contributed by atoms with Gasteiger partial charge in [-0.25, -0.2) is 0 Å². The van der Waals surface area contributed by atoms with Crippen LogP contribution in [0.5, 0.6) is 0 Å². The predicted octanol–water partition coefficient (Wildman–Crippen LogP) is 3.20. The Bertz CT molecular complexity index is 633. The minimum absolute atomic E-state index is 0.00183. The number of ether oxygens (including phenoxy) is 1. The molecule has 2 aliphatic rings. The van der Waals surface area contributed by atoms with Crippen LogP contribution in [0.3, 0.4) is 0 Å². The summed E-state index contributed by atoms with van der Waals surface area (Å²) in [5.41, 5.74) is 1.91. The molecule has 0 N–H and O–H groups in total. The average Bonchev–Trinajstić information content (AvgIpc) is 2.74. The van der Waals surface area contributed by atoms with Gasteiger partial charge in [-0.3, -0.25) is 9.59 Å². The lowest BCUT2D eigenvalue weighted by atomic mass is 9.92. The summed E-state index contributed by atoms with van der Waals surface area (Å²) in [6, 6.07) is 9.56. The molecule has 1 unspecified atom stereocenters.